The second kappa shape index (κ2) is 5.25. The third kappa shape index (κ3) is 2.92. The van der Waals surface area contributed by atoms with Gasteiger partial charge < -0.3 is 10.7 Å². The molecule has 1 unspecified atom stereocenters. The molecule has 17 heavy (non-hydrogen) atoms. The van der Waals surface area contributed by atoms with Crippen LogP contribution in [-0.2, 0) is 6.42 Å². The highest BCUT2D eigenvalue weighted by atomic mass is 35.5. The van der Waals surface area contributed by atoms with Gasteiger partial charge in [-0.25, -0.2) is 4.98 Å². The van der Waals surface area contributed by atoms with Gasteiger partial charge in [-0.1, -0.05) is 30.1 Å². The van der Waals surface area contributed by atoms with E-state index in [1.54, 1.807) is 6.07 Å². The number of nitrogens with zero attached hydrogens (tertiary/aromatic N) is 1. The van der Waals surface area contributed by atoms with Crippen molar-refractivity contribution in [2.45, 2.75) is 19.8 Å². The molecular formula is C12H15Cl2N3. The van der Waals surface area contributed by atoms with Gasteiger partial charge in [0.05, 0.1) is 21.1 Å². The van der Waals surface area contributed by atoms with Crippen LogP contribution in [0.4, 0.5) is 0 Å². The standard InChI is InChI=1S/C12H15Cl2N3/c1-7(6-15)2-3-12-16-10-4-8(13)9(14)5-11(10)17-12/h4-5,7H,2-3,6,15H2,1H3,(H,16,17). The first-order valence-electron chi connectivity index (χ1n) is 5.64. The molecule has 0 fully saturated rings. The van der Waals surface area contributed by atoms with Gasteiger partial charge in [0.15, 0.2) is 0 Å². The van der Waals surface area contributed by atoms with Crippen molar-refractivity contribution in [3.05, 3.63) is 28.0 Å². The van der Waals surface area contributed by atoms with Crippen LogP contribution in [0.5, 0.6) is 0 Å². The number of rotatable bonds is 4. The molecule has 0 aliphatic heterocycles. The van der Waals surface area contributed by atoms with Crippen LogP contribution in [0.1, 0.15) is 19.2 Å². The summed E-state index contributed by atoms with van der Waals surface area (Å²) < 4.78 is 0. The van der Waals surface area contributed by atoms with Gasteiger partial charge in [-0.15, -0.1) is 0 Å². The molecule has 1 atom stereocenters. The van der Waals surface area contributed by atoms with Gasteiger partial charge in [0.1, 0.15) is 5.82 Å². The van der Waals surface area contributed by atoms with Crippen LogP contribution >= 0.6 is 23.2 Å². The highest BCUT2D eigenvalue weighted by Crippen LogP contribution is 2.26. The fourth-order valence-electron chi connectivity index (χ4n) is 1.68. The normalized spacial score (nSPS) is 13.2. The largest absolute Gasteiger partial charge is 0.342 e. The van der Waals surface area contributed by atoms with E-state index < -0.39 is 0 Å². The molecule has 2 aromatic rings. The fourth-order valence-corrected chi connectivity index (χ4v) is 2.00. The number of halogens is 2. The molecule has 0 spiro atoms. The minimum absolute atomic E-state index is 0.510. The van der Waals surface area contributed by atoms with Gasteiger partial charge in [-0.3, -0.25) is 0 Å². The van der Waals surface area contributed by atoms with Gasteiger partial charge in [-0.05, 0) is 31.0 Å². The molecule has 0 aliphatic rings. The first-order valence-corrected chi connectivity index (χ1v) is 6.39. The summed E-state index contributed by atoms with van der Waals surface area (Å²) >= 11 is 11.9. The van der Waals surface area contributed by atoms with E-state index in [1.807, 2.05) is 6.07 Å². The number of aryl methyl sites for hydroxylation is 1. The summed E-state index contributed by atoms with van der Waals surface area (Å²) in [5.41, 5.74) is 7.37. The average Bonchev–Trinajstić information content (AvgIpc) is 2.68. The summed E-state index contributed by atoms with van der Waals surface area (Å²) in [6.07, 6.45) is 1.92. The number of imidazole rings is 1. The first kappa shape index (κ1) is 12.7. The predicted octanol–water partition coefficient (Wildman–Crippen LogP) is 3.40. The SMILES string of the molecule is CC(CN)CCc1nc2cc(Cl)c(Cl)cc2[nH]1. The maximum absolute atomic E-state index is 5.95. The van der Waals surface area contributed by atoms with Crippen LogP contribution in [-0.4, -0.2) is 16.5 Å². The van der Waals surface area contributed by atoms with Crippen LogP contribution in [0.15, 0.2) is 12.1 Å². The minimum atomic E-state index is 0.510. The molecule has 3 nitrogen and oxygen atoms in total. The lowest BCUT2D eigenvalue weighted by Gasteiger charge is -2.05. The summed E-state index contributed by atoms with van der Waals surface area (Å²) in [4.78, 5) is 7.73. The smallest absolute Gasteiger partial charge is 0.107 e. The zero-order chi connectivity index (χ0) is 12.4. The molecule has 5 heteroatoms. The third-order valence-corrected chi connectivity index (χ3v) is 3.57. The molecule has 1 heterocycles. The number of nitrogens with two attached hydrogens (primary N) is 1. The van der Waals surface area contributed by atoms with Crippen LogP contribution < -0.4 is 5.73 Å². The average molecular weight is 272 g/mol. The fraction of sp³-hybridized carbons (Fsp3) is 0.417. The van der Waals surface area contributed by atoms with Crippen molar-refractivity contribution >= 4 is 34.2 Å². The van der Waals surface area contributed by atoms with Crippen LogP contribution in [0, 0.1) is 5.92 Å². The Morgan fingerprint density at radius 1 is 1.35 bits per heavy atom. The Labute approximate surface area is 110 Å². The molecule has 0 saturated heterocycles. The van der Waals surface area contributed by atoms with Gasteiger partial charge in [0.2, 0.25) is 0 Å². The molecule has 3 N–H and O–H groups in total. The summed E-state index contributed by atoms with van der Waals surface area (Å²) in [6.45, 7) is 2.84. The number of hydrogen-bond acceptors (Lipinski definition) is 2. The van der Waals surface area contributed by atoms with E-state index in [0.717, 1.165) is 29.7 Å². The van der Waals surface area contributed by atoms with E-state index in [0.29, 0.717) is 22.5 Å². The zero-order valence-electron chi connectivity index (χ0n) is 9.63. The minimum Gasteiger partial charge on any atom is -0.342 e. The van der Waals surface area contributed by atoms with E-state index in [9.17, 15) is 0 Å². The lowest BCUT2D eigenvalue weighted by atomic mass is 10.1. The van der Waals surface area contributed by atoms with E-state index >= 15 is 0 Å². The van der Waals surface area contributed by atoms with Gasteiger partial charge in [0, 0.05) is 6.42 Å². The molecule has 0 amide bonds. The van der Waals surface area contributed by atoms with Crippen LogP contribution in [0.2, 0.25) is 10.0 Å². The molecule has 1 aromatic carbocycles. The van der Waals surface area contributed by atoms with Crippen molar-refractivity contribution in [3.8, 4) is 0 Å². The van der Waals surface area contributed by atoms with Crippen LogP contribution in [0.3, 0.4) is 0 Å². The van der Waals surface area contributed by atoms with Crippen molar-refractivity contribution in [1.29, 1.82) is 0 Å². The van der Waals surface area contributed by atoms with Gasteiger partial charge in [-0.2, -0.15) is 0 Å². The molecule has 1 aromatic heterocycles. The Morgan fingerprint density at radius 2 is 2.06 bits per heavy atom. The number of nitrogens with one attached hydrogen (secondary N) is 1. The molecule has 2 rings (SSSR count). The summed E-state index contributed by atoms with van der Waals surface area (Å²) in [5, 5.41) is 1.08. The van der Waals surface area contributed by atoms with Gasteiger partial charge in [0.25, 0.3) is 0 Å². The van der Waals surface area contributed by atoms with E-state index in [1.165, 1.54) is 0 Å². The number of benzene rings is 1. The Kier molecular flexibility index (Phi) is 3.92. The third-order valence-electron chi connectivity index (χ3n) is 2.85. The molecule has 92 valence electrons. The van der Waals surface area contributed by atoms with Crippen molar-refractivity contribution in [1.82, 2.24) is 9.97 Å². The highest BCUT2D eigenvalue weighted by molar-refractivity contribution is 6.42. The lowest BCUT2D eigenvalue weighted by Crippen LogP contribution is -2.11. The van der Waals surface area contributed by atoms with Crippen molar-refractivity contribution in [2.24, 2.45) is 11.7 Å². The van der Waals surface area contributed by atoms with Gasteiger partial charge >= 0.3 is 0 Å². The number of H-pyrrole nitrogens is 1. The van der Waals surface area contributed by atoms with Crippen molar-refractivity contribution in [3.63, 3.8) is 0 Å². The van der Waals surface area contributed by atoms with E-state index in [-0.39, 0.29) is 0 Å². The Morgan fingerprint density at radius 3 is 2.76 bits per heavy atom. The summed E-state index contributed by atoms with van der Waals surface area (Å²) in [7, 11) is 0. The maximum Gasteiger partial charge on any atom is 0.107 e. The summed E-state index contributed by atoms with van der Waals surface area (Å²) in [6, 6.07) is 3.59. The number of aromatic amines is 1. The van der Waals surface area contributed by atoms with Crippen molar-refractivity contribution in [2.75, 3.05) is 6.54 Å². The molecule has 0 aliphatic carbocycles. The molecule has 0 radical (unpaired) electrons. The molecular weight excluding hydrogens is 257 g/mol. The van der Waals surface area contributed by atoms with Crippen LogP contribution in [0.25, 0.3) is 11.0 Å². The molecule has 0 bridgehead atoms. The predicted molar refractivity (Wildman–Crippen MR) is 72.7 cm³/mol. The Hall–Kier alpha value is -0.770. The topological polar surface area (TPSA) is 54.7 Å². The number of aromatic nitrogens is 2. The number of hydrogen-bond donors (Lipinski definition) is 2. The first-order chi connectivity index (χ1) is 8.10. The highest BCUT2D eigenvalue weighted by Gasteiger charge is 2.07. The second-order valence-electron chi connectivity index (χ2n) is 4.35. The maximum atomic E-state index is 5.95. The Balaban J connectivity index is 2.20. The van der Waals surface area contributed by atoms with E-state index in [2.05, 4.69) is 16.9 Å². The quantitative estimate of drug-likeness (QED) is 0.896. The monoisotopic (exact) mass is 271 g/mol. The zero-order valence-corrected chi connectivity index (χ0v) is 11.1. The number of fused-ring (bicyclic) bond motifs is 1. The lowest BCUT2D eigenvalue weighted by molar-refractivity contribution is 0.538. The Bertz CT molecular complexity index is 483. The van der Waals surface area contributed by atoms with Crippen molar-refractivity contribution < 1.29 is 0 Å². The second-order valence-corrected chi connectivity index (χ2v) is 5.16. The summed E-state index contributed by atoms with van der Waals surface area (Å²) in [5.74, 6) is 1.47. The van der Waals surface area contributed by atoms with E-state index in [4.69, 9.17) is 28.9 Å². The molecule has 0 saturated carbocycles.